The minimum atomic E-state index is 0.620. The van der Waals surface area contributed by atoms with Gasteiger partial charge >= 0.3 is 0 Å². The second-order valence-electron chi connectivity index (χ2n) is 6.51. The Kier molecular flexibility index (Phi) is 6.50. The molecule has 0 saturated carbocycles. The lowest BCUT2D eigenvalue weighted by Crippen LogP contribution is -2.39. The number of nitrogens with one attached hydrogen (secondary N) is 2. The summed E-state index contributed by atoms with van der Waals surface area (Å²) in [5.74, 6) is 1.65. The minimum Gasteiger partial charge on any atom is -0.367 e. The van der Waals surface area contributed by atoms with Crippen molar-refractivity contribution >= 4 is 38.7 Å². The van der Waals surface area contributed by atoms with E-state index in [1.807, 2.05) is 21.1 Å². The Hall–Kier alpha value is -2.62. The predicted octanol–water partition coefficient (Wildman–Crippen LogP) is 1.97. The third-order valence-corrected chi connectivity index (χ3v) is 4.80. The third-order valence-electron chi connectivity index (χ3n) is 4.37. The number of aromatic nitrogens is 5. The molecule has 0 spiro atoms. The van der Waals surface area contributed by atoms with Crippen molar-refractivity contribution in [3.63, 3.8) is 0 Å². The standard InChI is InChI=1S/C18H26BrN9/c1-5-20-18(27(3)11-14-8-13(19)10-26(14)2)22-7-6-21-16-15-9-25-28(4)17(15)24-12-23-16/h8-10,12H,5-7,11H2,1-4H3,(H,20,22)(H,21,23,24). The van der Waals surface area contributed by atoms with Gasteiger partial charge in [-0.25, -0.2) is 9.97 Å². The summed E-state index contributed by atoms with van der Waals surface area (Å²) in [6.45, 7) is 4.94. The van der Waals surface area contributed by atoms with Gasteiger partial charge in [0, 0.05) is 50.6 Å². The fourth-order valence-corrected chi connectivity index (χ4v) is 3.52. The van der Waals surface area contributed by atoms with E-state index in [9.17, 15) is 0 Å². The number of nitrogens with zero attached hydrogens (tertiary/aromatic N) is 7. The number of rotatable bonds is 7. The SMILES string of the molecule is CCNC(=NCCNc1ncnc2c1cnn2C)N(C)Cc1cc(Br)cn1C. The van der Waals surface area contributed by atoms with Crippen molar-refractivity contribution in [3.05, 3.63) is 35.0 Å². The molecule has 150 valence electrons. The van der Waals surface area contributed by atoms with Crippen molar-refractivity contribution in [2.45, 2.75) is 13.5 Å². The van der Waals surface area contributed by atoms with E-state index in [0.29, 0.717) is 13.1 Å². The Bertz CT molecular complexity index is 959. The van der Waals surface area contributed by atoms with E-state index in [0.717, 1.165) is 40.4 Å². The van der Waals surface area contributed by atoms with Crippen LogP contribution in [0, 0.1) is 0 Å². The molecule has 0 saturated heterocycles. The summed E-state index contributed by atoms with van der Waals surface area (Å²) in [5.41, 5.74) is 2.01. The minimum absolute atomic E-state index is 0.620. The quantitative estimate of drug-likeness (QED) is 0.327. The maximum atomic E-state index is 4.73. The topological polar surface area (TPSA) is 88.2 Å². The van der Waals surface area contributed by atoms with Crippen LogP contribution in [0.5, 0.6) is 0 Å². The molecule has 0 atom stereocenters. The van der Waals surface area contributed by atoms with Crippen LogP contribution in [0.4, 0.5) is 5.82 Å². The van der Waals surface area contributed by atoms with Gasteiger partial charge < -0.3 is 20.1 Å². The first-order chi connectivity index (χ1) is 13.5. The summed E-state index contributed by atoms with van der Waals surface area (Å²) in [4.78, 5) is 15.4. The van der Waals surface area contributed by atoms with Gasteiger partial charge in [-0.05, 0) is 28.9 Å². The molecule has 3 rings (SSSR count). The van der Waals surface area contributed by atoms with Crippen LogP contribution in [0.1, 0.15) is 12.6 Å². The van der Waals surface area contributed by atoms with Gasteiger partial charge in [-0.2, -0.15) is 5.10 Å². The van der Waals surface area contributed by atoms with Gasteiger partial charge in [0.1, 0.15) is 12.1 Å². The molecule has 2 N–H and O–H groups in total. The Labute approximate surface area is 173 Å². The maximum absolute atomic E-state index is 4.73. The van der Waals surface area contributed by atoms with Crippen LogP contribution in [-0.2, 0) is 20.6 Å². The van der Waals surface area contributed by atoms with Crippen molar-refractivity contribution in [3.8, 4) is 0 Å². The van der Waals surface area contributed by atoms with Crippen LogP contribution in [0.3, 0.4) is 0 Å². The Balaban J connectivity index is 1.61. The highest BCUT2D eigenvalue weighted by molar-refractivity contribution is 9.10. The van der Waals surface area contributed by atoms with Gasteiger partial charge in [-0.15, -0.1) is 0 Å². The van der Waals surface area contributed by atoms with Crippen LogP contribution in [0.25, 0.3) is 11.0 Å². The summed E-state index contributed by atoms with van der Waals surface area (Å²) < 4.78 is 4.93. The molecule has 3 aromatic rings. The molecule has 0 amide bonds. The van der Waals surface area contributed by atoms with Crippen LogP contribution < -0.4 is 10.6 Å². The molecule has 3 heterocycles. The number of hydrogen-bond acceptors (Lipinski definition) is 5. The molecule has 0 aromatic carbocycles. The van der Waals surface area contributed by atoms with E-state index in [1.165, 1.54) is 5.69 Å². The molecule has 9 nitrogen and oxygen atoms in total. The fourth-order valence-electron chi connectivity index (χ4n) is 2.95. The van der Waals surface area contributed by atoms with E-state index in [4.69, 9.17) is 4.99 Å². The van der Waals surface area contributed by atoms with Gasteiger partial charge in [0.15, 0.2) is 11.6 Å². The molecule has 0 aliphatic heterocycles. The largest absolute Gasteiger partial charge is 0.367 e. The zero-order valence-electron chi connectivity index (χ0n) is 16.6. The number of aryl methyl sites for hydroxylation is 2. The van der Waals surface area contributed by atoms with Crippen molar-refractivity contribution in [1.29, 1.82) is 0 Å². The number of fused-ring (bicyclic) bond motifs is 1. The number of anilines is 1. The Morgan fingerprint density at radius 1 is 1.32 bits per heavy atom. The van der Waals surface area contributed by atoms with Crippen LogP contribution in [-0.4, -0.2) is 61.9 Å². The lowest BCUT2D eigenvalue weighted by molar-refractivity contribution is 0.462. The molecule has 0 bridgehead atoms. The molecular weight excluding hydrogens is 422 g/mol. The molecule has 28 heavy (non-hydrogen) atoms. The first-order valence-corrected chi connectivity index (χ1v) is 9.95. The van der Waals surface area contributed by atoms with Gasteiger partial charge in [0.05, 0.1) is 24.7 Å². The second kappa shape index (κ2) is 9.05. The van der Waals surface area contributed by atoms with Crippen LogP contribution in [0.15, 0.2) is 34.3 Å². The van der Waals surface area contributed by atoms with Gasteiger partial charge in [-0.3, -0.25) is 9.67 Å². The van der Waals surface area contributed by atoms with Crippen LogP contribution >= 0.6 is 15.9 Å². The summed E-state index contributed by atoms with van der Waals surface area (Å²) in [6.07, 6.45) is 5.38. The van der Waals surface area contributed by atoms with Gasteiger partial charge in [0.2, 0.25) is 0 Å². The highest BCUT2D eigenvalue weighted by Crippen LogP contribution is 2.17. The Morgan fingerprint density at radius 3 is 2.86 bits per heavy atom. The maximum Gasteiger partial charge on any atom is 0.194 e. The first kappa shape index (κ1) is 20.1. The average molecular weight is 448 g/mol. The zero-order chi connectivity index (χ0) is 20.1. The highest BCUT2D eigenvalue weighted by Gasteiger charge is 2.10. The molecule has 0 aliphatic carbocycles. The predicted molar refractivity (Wildman–Crippen MR) is 115 cm³/mol. The van der Waals surface area contributed by atoms with Crippen molar-refractivity contribution in [1.82, 2.24) is 34.5 Å². The van der Waals surface area contributed by atoms with E-state index >= 15 is 0 Å². The third kappa shape index (κ3) is 4.61. The smallest absolute Gasteiger partial charge is 0.194 e. The van der Waals surface area contributed by atoms with Crippen molar-refractivity contribution in [2.24, 2.45) is 19.1 Å². The number of hydrogen-bond donors (Lipinski definition) is 2. The lowest BCUT2D eigenvalue weighted by atomic mass is 10.4. The zero-order valence-corrected chi connectivity index (χ0v) is 18.2. The Morgan fingerprint density at radius 2 is 2.14 bits per heavy atom. The number of halogens is 1. The molecular formula is C18H26BrN9. The summed E-state index contributed by atoms with van der Waals surface area (Å²) in [6, 6.07) is 2.12. The van der Waals surface area contributed by atoms with Crippen LogP contribution in [0.2, 0.25) is 0 Å². The van der Waals surface area contributed by atoms with E-state index in [2.05, 4.69) is 70.3 Å². The van der Waals surface area contributed by atoms with E-state index < -0.39 is 0 Å². The highest BCUT2D eigenvalue weighted by atomic mass is 79.9. The van der Waals surface area contributed by atoms with Crippen molar-refractivity contribution in [2.75, 3.05) is 32.0 Å². The second-order valence-corrected chi connectivity index (χ2v) is 7.42. The summed E-state index contributed by atoms with van der Waals surface area (Å²) in [5, 5.41) is 11.8. The summed E-state index contributed by atoms with van der Waals surface area (Å²) >= 11 is 3.52. The molecule has 0 aliphatic rings. The van der Waals surface area contributed by atoms with Crippen molar-refractivity contribution < 1.29 is 0 Å². The van der Waals surface area contributed by atoms with Gasteiger partial charge in [0.25, 0.3) is 0 Å². The monoisotopic (exact) mass is 447 g/mol. The molecule has 3 aromatic heterocycles. The average Bonchev–Trinajstić information content (AvgIpc) is 3.20. The van der Waals surface area contributed by atoms with Gasteiger partial charge in [-0.1, -0.05) is 0 Å². The molecule has 10 heteroatoms. The number of aliphatic imine (C=N–C) groups is 1. The molecule has 0 fully saturated rings. The number of guanidine groups is 1. The van der Waals surface area contributed by atoms with E-state index in [1.54, 1.807) is 17.2 Å². The first-order valence-electron chi connectivity index (χ1n) is 9.16. The fraction of sp³-hybridized carbons (Fsp3) is 0.444. The van der Waals surface area contributed by atoms with E-state index in [-0.39, 0.29) is 0 Å². The molecule has 0 unspecified atom stereocenters. The normalized spacial score (nSPS) is 11.8. The lowest BCUT2D eigenvalue weighted by Gasteiger charge is -2.22. The molecule has 0 radical (unpaired) electrons. The summed E-state index contributed by atoms with van der Waals surface area (Å²) in [7, 11) is 5.95.